The minimum absolute atomic E-state index is 0.0660. The molecule has 0 atom stereocenters. The number of esters is 1. The van der Waals surface area contributed by atoms with Crippen LogP contribution in [0.5, 0.6) is 0 Å². The Kier molecular flexibility index (Phi) is 8.62. The topological polar surface area (TPSA) is 82.5 Å². The molecule has 1 aromatic heterocycles. The van der Waals surface area contributed by atoms with Crippen LogP contribution in [0.15, 0.2) is 35.2 Å². The number of rotatable bonds is 9. The normalized spacial score (nSPS) is 12.0. The fourth-order valence-electron chi connectivity index (χ4n) is 2.71. The van der Waals surface area contributed by atoms with Crippen molar-refractivity contribution in [2.24, 2.45) is 0 Å². The summed E-state index contributed by atoms with van der Waals surface area (Å²) in [6, 6.07) is 8.23. The van der Waals surface area contributed by atoms with Crippen molar-refractivity contribution >= 4 is 41.6 Å². The Hall–Kier alpha value is -1.97. The van der Waals surface area contributed by atoms with Gasteiger partial charge in [0.1, 0.15) is 18.0 Å². The number of carbonyl (C=O) groups excluding carboxylic acids is 2. The van der Waals surface area contributed by atoms with E-state index in [1.807, 2.05) is 26.8 Å². The van der Waals surface area contributed by atoms with Crippen LogP contribution in [0, 0.1) is 0 Å². The molecule has 7 nitrogen and oxygen atoms in total. The molecular formula is C22H32BrN3O4Si. The van der Waals surface area contributed by atoms with Gasteiger partial charge in [-0.2, -0.15) is 0 Å². The molecule has 0 bridgehead atoms. The number of amides is 1. The third kappa shape index (κ3) is 8.58. The largest absolute Gasteiger partial charge is 0.460 e. The first-order valence-corrected chi connectivity index (χ1v) is 14.8. The van der Waals surface area contributed by atoms with Gasteiger partial charge in [0.05, 0.1) is 12.6 Å². The summed E-state index contributed by atoms with van der Waals surface area (Å²) in [6.45, 7) is 13.2. The maximum atomic E-state index is 12.9. The molecule has 0 fully saturated rings. The minimum atomic E-state index is -1.19. The zero-order valence-electron chi connectivity index (χ0n) is 19.1. The summed E-state index contributed by atoms with van der Waals surface area (Å²) in [5.74, 6) is -0.679. The number of hydrogen-bond acceptors (Lipinski definition) is 5. The van der Waals surface area contributed by atoms with Crippen LogP contribution in [0.2, 0.25) is 25.7 Å². The van der Waals surface area contributed by atoms with Gasteiger partial charge in [0.25, 0.3) is 5.91 Å². The summed E-state index contributed by atoms with van der Waals surface area (Å²) >= 11 is 3.38. The van der Waals surface area contributed by atoms with Gasteiger partial charge in [-0.15, -0.1) is 0 Å². The highest BCUT2D eigenvalue weighted by atomic mass is 79.9. The zero-order chi connectivity index (χ0) is 23.2. The highest BCUT2D eigenvalue weighted by Crippen LogP contribution is 2.20. The van der Waals surface area contributed by atoms with Crippen LogP contribution >= 0.6 is 15.9 Å². The van der Waals surface area contributed by atoms with E-state index in [0.717, 1.165) is 6.04 Å². The summed E-state index contributed by atoms with van der Waals surface area (Å²) in [5.41, 5.74) is 1.04. The SMILES string of the molecule is CC(C)(C)OC(=O)Cc1ccccc1NC(=O)c1cnc(Br)n1COCC[Si](C)(C)C. The first kappa shape index (κ1) is 25.3. The molecule has 0 spiro atoms. The van der Waals surface area contributed by atoms with Crippen molar-refractivity contribution < 1.29 is 19.1 Å². The fourth-order valence-corrected chi connectivity index (χ4v) is 3.86. The van der Waals surface area contributed by atoms with E-state index in [9.17, 15) is 9.59 Å². The van der Waals surface area contributed by atoms with Crippen LogP contribution in [0.4, 0.5) is 5.69 Å². The molecular weight excluding hydrogens is 478 g/mol. The monoisotopic (exact) mass is 509 g/mol. The highest BCUT2D eigenvalue weighted by Gasteiger charge is 2.20. The molecule has 2 aromatic rings. The number of carbonyl (C=O) groups is 2. The van der Waals surface area contributed by atoms with E-state index >= 15 is 0 Å². The molecule has 1 amide bonds. The predicted octanol–water partition coefficient (Wildman–Crippen LogP) is 5.09. The van der Waals surface area contributed by atoms with Crippen LogP contribution in [-0.4, -0.2) is 41.7 Å². The smallest absolute Gasteiger partial charge is 0.310 e. The molecule has 9 heteroatoms. The van der Waals surface area contributed by atoms with Crippen LogP contribution in [-0.2, 0) is 27.4 Å². The summed E-state index contributed by atoms with van der Waals surface area (Å²) in [5, 5.41) is 2.89. The zero-order valence-corrected chi connectivity index (χ0v) is 21.7. The number of anilines is 1. The van der Waals surface area contributed by atoms with E-state index in [1.165, 1.54) is 6.20 Å². The molecule has 170 valence electrons. The average Bonchev–Trinajstić information content (AvgIpc) is 2.99. The van der Waals surface area contributed by atoms with Gasteiger partial charge in [0.15, 0.2) is 4.73 Å². The van der Waals surface area contributed by atoms with Crippen molar-refractivity contribution in [3.63, 3.8) is 0 Å². The first-order valence-electron chi connectivity index (χ1n) is 10.3. The molecule has 31 heavy (non-hydrogen) atoms. The van der Waals surface area contributed by atoms with Gasteiger partial charge < -0.3 is 14.8 Å². The van der Waals surface area contributed by atoms with Gasteiger partial charge in [-0.1, -0.05) is 37.8 Å². The van der Waals surface area contributed by atoms with Crippen molar-refractivity contribution in [2.75, 3.05) is 11.9 Å². The fraction of sp³-hybridized carbons (Fsp3) is 0.500. The van der Waals surface area contributed by atoms with E-state index in [0.29, 0.717) is 28.3 Å². The van der Waals surface area contributed by atoms with Gasteiger partial charge >= 0.3 is 5.97 Å². The molecule has 0 aliphatic rings. The van der Waals surface area contributed by atoms with Crippen LogP contribution in [0.25, 0.3) is 0 Å². The summed E-state index contributed by atoms with van der Waals surface area (Å²) in [4.78, 5) is 29.4. The Morgan fingerprint density at radius 1 is 1.19 bits per heavy atom. The number of hydrogen-bond donors (Lipinski definition) is 1. The van der Waals surface area contributed by atoms with Crippen molar-refractivity contribution in [1.82, 2.24) is 9.55 Å². The van der Waals surface area contributed by atoms with Gasteiger partial charge in [0.2, 0.25) is 0 Å². The number of halogens is 1. The molecule has 0 saturated carbocycles. The first-order chi connectivity index (χ1) is 14.4. The molecule has 2 rings (SSSR count). The Morgan fingerprint density at radius 3 is 2.52 bits per heavy atom. The van der Waals surface area contributed by atoms with E-state index < -0.39 is 13.7 Å². The van der Waals surface area contributed by atoms with Crippen LogP contribution < -0.4 is 5.32 Å². The third-order valence-corrected chi connectivity index (χ3v) is 6.61. The third-order valence-electron chi connectivity index (χ3n) is 4.28. The number of imidazole rings is 1. The van der Waals surface area contributed by atoms with Crippen molar-refractivity contribution in [3.8, 4) is 0 Å². The summed E-state index contributed by atoms with van der Waals surface area (Å²) in [7, 11) is -1.19. The second kappa shape index (κ2) is 10.6. The van der Waals surface area contributed by atoms with Gasteiger partial charge in [-0.05, 0) is 54.4 Å². The van der Waals surface area contributed by atoms with E-state index in [1.54, 1.807) is 22.8 Å². The Balaban J connectivity index is 2.08. The molecule has 0 aliphatic heterocycles. The van der Waals surface area contributed by atoms with E-state index in [2.05, 4.69) is 45.9 Å². The highest BCUT2D eigenvalue weighted by molar-refractivity contribution is 9.10. The van der Waals surface area contributed by atoms with Crippen molar-refractivity contribution in [1.29, 1.82) is 0 Å². The standard InChI is InChI=1S/C22H32BrN3O4Si/c1-22(2,3)30-19(27)13-16-9-7-8-10-17(16)25-20(28)18-14-24-21(23)26(18)15-29-11-12-31(4,5)6/h7-10,14H,11-13,15H2,1-6H3,(H,25,28). The number of ether oxygens (including phenoxy) is 2. The number of nitrogens with zero attached hydrogens (tertiary/aromatic N) is 2. The molecule has 0 aliphatic carbocycles. The number of nitrogens with one attached hydrogen (secondary N) is 1. The molecule has 0 saturated heterocycles. The second-order valence-corrected chi connectivity index (χ2v) is 15.9. The Bertz CT molecular complexity index is 916. The molecule has 1 N–H and O–H groups in total. The lowest BCUT2D eigenvalue weighted by Gasteiger charge is -2.20. The van der Waals surface area contributed by atoms with Gasteiger partial charge in [-0.3, -0.25) is 14.2 Å². The van der Waals surface area contributed by atoms with Crippen molar-refractivity contribution in [2.45, 2.75) is 65.2 Å². The molecule has 1 heterocycles. The summed E-state index contributed by atoms with van der Waals surface area (Å²) < 4.78 is 13.4. The quantitative estimate of drug-likeness (QED) is 0.289. The maximum Gasteiger partial charge on any atom is 0.310 e. The van der Waals surface area contributed by atoms with Crippen LogP contribution in [0.3, 0.4) is 0 Å². The predicted molar refractivity (Wildman–Crippen MR) is 128 cm³/mol. The number of aromatic nitrogens is 2. The maximum absolute atomic E-state index is 12.9. The Morgan fingerprint density at radius 2 is 1.87 bits per heavy atom. The lowest BCUT2D eigenvalue weighted by Crippen LogP contribution is -2.25. The second-order valence-electron chi connectivity index (χ2n) is 9.56. The van der Waals surface area contributed by atoms with E-state index in [-0.39, 0.29) is 25.0 Å². The lowest BCUT2D eigenvalue weighted by atomic mass is 10.1. The Labute approximate surface area is 193 Å². The van der Waals surface area contributed by atoms with Gasteiger partial charge in [0, 0.05) is 20.4 Å². The number of para-hydroxylation sites is 1. The number of benzene rings is 1. The van der Waals surface area contributed by atoms with Gasteiger partial charge in [-0.25, -0.2) is 4.98 Å². The van der Waals surface area contributed by atoms with E-state index in [4.69, 9.17) is 9.47 Å². The summed E-state index contributed by atoms with van der Waals surface area (Å²) in [6.07, 6.45) is 1.56. The molecule has 0 radical (unpaired) electrons. The average molecular weight is 511 g/mol. The lowest BCUT2D eigenvalue weighted by molar-refractivity contribution is -0.153. The molecule has 1 aromatic carbocycles. The minimum Gasteiger partial charge on any atom is -0.460 e. The van der Waals surface area contributed by atoms with Crippen molar-refractivity contribution in [3.05, 3.63) is 46.5 Å². The van der Waals surface area contributed by atoms with Crippen LogP contribution in [0.1, 0.15) is 36.8 Å². The molecule has 0 unspecified atom stereocenters.